The van der Waals surface area contributed by atoms with Crippen LogP contribution in [0.5, 0.6) is 0 Å². The molecule has 0 unspecified atom stereocenters. The largest absolute Gasteiger partial charge is 0.372 e. The van der Waals surface area contributed by atoms with Crippen molar-refractivity contribution >= 4 is 18.1 Å². The summed E-state index contributed by atoms with van der Waals surface area (Å²) >= 11 is 0. The van der Waals surface area contributed by atoms with E-state index < -0.39 is 0 Å². The van der Waals surface area contributed by atoms with Crippen LogP contribution in [0.3, 0.4) is 0 Å². The summed E-state index contributed by atoms with van der Waals surface area (Å²) in [5.41, 5.74) is 1.34. The van der Waals surface area contributed by atoms with E-state index in [0.717, 1.165) is 13.1 Å². The summed E-state index contributed by atoms with van der Waals surface area (Å²) in [6.45, 7) is 6.66. The van der Waals surface area contributed by atoms with Crippen LogP contribution in [0.1, 0.15) is 20.3 Å². The average molecular weight is 200 g/mol. The first-order chi connectivity index (χ1) is 5.88. The van der Waals surface area contributed by atoms with Crippen molar-refractivity contribution in [2.45, 2.75) is 20.3 Å². The minimum atomic E-state index is 0. The van der Waals surface area contributed by atoms with E-state index in [1.807, 2.05) is 0 Å². The Bertz CT molecular complexity index is 211. The molecular formula is C11H18ClN. The van der Waals surface area contributed by atoms with Crippen LogP contribution in [0.25, 0.3) is 0 Å². The van der Waals surface area contributed by atoms with Crippen LogP contribution in [-0.2, 0) is 0 Å². The van der Waals surface area contributed by atoms with Crippen molar-refractivity contribution in [3.8, 4) is 0 Å². The van der Waals surface area contributed by atoms with Crippen molar-refractivity contribution in [1.29, 1.82) is 0 Å². The molecule has 0 saturated carbocycles. The first-order valence-electron chi connectivity index (χ1n) is 4.68. The summed E-state index contributed by atoms with van der Waals surface area (Å²) in [5.74, 6) is 0. The van der Waals surface area contributed by atoms with E-state index >= 15 is 0 Å². The van der Waals surface area contributed by atoms with Crippen molar-refractivity contribution < 1.29 is 0 Å². The van der Waals surface area contributed by atoms with Crippen LogP contribution in [0.2, 0.25) is 0 Å². The van der Waals surface area contributed by atoms with E-state index in [1.54, 1.807) is 0 Å². The second-order valence-corrected chi connectivity index (χ2v) is 2.92. The lowest BCUT2D eigenvalue weighted by molar-refractivity contribution is 0.792. The maximum absolute atomic E-state index is 2.39. The van der Waals surface area contributed by atoms with E-state index in [2.05, 4.69) is 49.1 Å². The third-order valence-electron chi connectivity index (χ3n) is 2.00. The molecule has 0 spiro atoms. The van der Waals surface area contributed by atoms with E-state index in [1.165, 1.54) is 12.1 Å². The number of anilines is 1. The van der Waals surface area contributed by atoms with Gasteiger partial charge in [-0.05, 0) is 25.5 Å². The lowest BCUT2D eigenvalue weighted by atomic mass is 10.3. The van der Waals surface area contributed by atoms with Crippen molar-refractivity contribution in [2.24, 2.45) is 0 Å². The molecule has 1 nitrogen and oxygen atoms in total. The van der Waals surface area contributed by atoms with Crippen LogP contribution in [0, 0.1) is 0 Å². The van der Waals surface area contributed by atoms with Crippen LogP contribution < -0.4 is 4.90 Å². The van der Waals surface area contributed by atoms with Crippen molar-refractivity contribution in [2.75, 3.05) is 18.0 Å². The molecule has 1 rings (SSSR count). The Balaban J connectivity index is 0.00000144. The molecule has 1 aromatic rings. The number of rotatable bonds is 4. The van der Waals surface area contributed by atoms with Crippen molar-refractivity contribution in [1.82, 2.24) is 0 Å². The SMILES string of the molecule is CCCN(CC)c1ccccc1.Cl. The molecule has 0 aliphatic heterocycles. The van der Waals surface area contributed by atoms with E-state index in [0.29, 0.717) is 0 Å². The molecule has 13 heavy (non-hydrogen) atoms. The minimum absolute atomic E-state index is 0. The first-order valence-corrected chi connectivity index (χ1v) is 4.68. The molecule has 0 aromatic heterocycles. The number of benzene rings is 1. The molecule has 0 radical (unpaired) electrons. The Morgan fingerprint density at radius 1 is 1.08 bits per heavy atom. The molecule has 0 bridgehead atoms. The van der Waals surface area contributed by atoms with Gasteiger partial charge in [-0.2, -0.15) is 0 Å². The summed E-state index contributed by atoms with van der Waals surface area (Å²) in [6, 6.07) is 10.6. The highest BCUT2D eigenvalue weighted by molar-refractivity contribution is 5.85. The lowest BCUT2D eigenvalue weighted by Crippen LogP contribution is -2.23. The number of halogens is 1. The van der Waals surface area contributed by atoms with Gasteiger partial charge in [-0.25, -0.2) is 0 Å². The number of hydrogen-bond acceptors (Lipinski definition) is 1. The fourth-order valence-corrected chi connectivity index (χ4v) is 1.38. The summed E-state index contributed by atoms with van der Waals surface area (Å²) in [5, 5.41) is 0. The van der Waals surface area contributed by atoms with E-state index in [-0.39, 0.29) is 12.4 Å². The predicted molar refractivity (Wildman–Crippen MR) is 61.9 cm³/mol. The Kier molecular flexibility index (Phi) is 6.43. The molecule has 0 amide bonds. The zero-order valence-electron chi connectivity index (χ0n) is 8.36. The van der Waals surface area contributed by atoms with Crippen LogP contribution in [0.4, 0.5) is 5.69 Å². The van der Waals surface area contributed by atoms with Crippen LogP contribution in [0.15, 0.2) is 30.3 Å². The topological polar surface area (TPSA) is 3.24 Å². The third kappa shape index (κ3) is 3.69. The second-order valence-electron chi connectivity index (χ2n) is 2.92. The standard InChI is InChI=1S/C11H17N.ClH/c1-3-10-12(4-2)11-8-6-5-7-9-11;/h5-9H,3-4,10H2,1-2H3;1H. The quantitative estimate of drug-likeness (QED) is 0.719. The maximum Gasteiger partial charge on any atom is 0.0366 e. The van der Waals surface area contributed by atoms with Crippen molar-refractivity contribution in [3.63, 3.8) is 0 Å². The highest BCUT2D eigenvalue weighted by Gasteiger charge is 1.99. The van der Waals surface area contributed by atoms with Gasteiger partial charge in [-0.3, -0.25) is 0 Å². The number of hydrogen-bond donors (Lipinski definition) is 0. The fourth-order valence-electron chi connectivity index (χ4n) is 1.38. The first kappa shape index (κ1) is 12.3. The molecule has 0 atom stereocenters. The van der Waals surface area contributed by atoms with Gasteiger partial charge < -0.3 is 4.90 Å². The molecule has 2 heteroatoms. The van der Waals surface area contributed by atoms with Gasteiger partial charge in [0.15, 0.2) is 0 Å². The second kappa shape index (κ2) is 6.79. The highest BCUT2D eigenvalue weighted by Crippen LogP contribution is 2.12. The molecule has 0 N–H and O–H groups in total. The van der Waals surface area contributed by atoms with E-state index in [9.17, 15) is 0 Å². The van der Waals surface area contributed by atoms with Gasteiger partial charge in [0.05, 0.1) is 0 Å². The van der Waals surface area contributed by atoms with Gasteiger partial charge in [-0.15, -0.1) is 12.4 Å². The van der Waals surface area contributed by atoms with Gasteiger partial charge >= 0.3 is 0 Å². The van der Waals surface area contributed by atoms with Gasteiger partial charge in [0.25, 0.3) is 0 Å². The number of nitrogens with zero attached hydrogens (tertiary/aromatic N) is 1. The fraction of sp³-hybridized carbons (Fsp3) is 0.455. The van der Waals surface area contributed by atoms with Gasteiger partial charge in [0, 0.05) is 18.8 Å². The monoisotopic (exact) mass is 199 g/mol. The Morgan fingerprint density at radius 3 is 2.15 bits per heavy atom. The Morgan fingerprint density at radius 2 is 1.69 bits per heavy atom. The molecular weight excluding hydrogens is 182 g/mol. The maximum atomic E-state index is 2.39. The summed E-state index contributed by atoms with van der Waals surface area (Å²) in [6.07, 6.45) is 1.21. The van der Waals surface area contributed by atoms with Gasteiger partial charge in [0.1, 0.15) is 0 Å². The molecule has 0 fully saturated rings. The lowest BCUT2D eigenvalue weighted by Gasteiger charge is -2.21. The minimum Gasteiger partial charge on any atom is -0.372 e. The van der Waals surface area contributed by atoms with Crippen LogP contribution in [-0.4, -0.2) is 13.1 Å². The van der Waals surface area contributed by atoms with Gasteiger partial charge in [0.2, 0.25) is 0 Å². The van der Waals surface area contributed by atoms with Crippen LogP contribution >= 0.6 is 12.4 Å². The number of para-hydroxylation sites is 1. The summed E-state index contributed by atoms with van der Waals surface area (Å²) < 4.78 is 0. The molecule has 1 aromatic carbocycles. The predicted octanol–water partition coefficient (Wildman–Crippen LogP) is 3.34. The van der Waals surface area contributed by atoms with Gasteiger partial charge in [-0.1, -0.05) is 25.1 Å². The molecule has 74 valence electrons. The average Bonchev–Trinajstić information content (AvgIpc) is 2.15. The zero-order chi connectivity index (χ0) is 8.81. The summed E-state index contributed by atoms with van der Waals surface area (Å²) in [4.78, 5) is 2.39. The third-order valence-corrected chi connectivity index (χ3v) is 2.00. The smallest absolute Gasteiger partial charge is 0.0366 e. The molecule has 0 aliphatic carbocycles. The normalized spacial score (nSPS) is 9.08. The van der Waals surface area contributed by atoms with E-state index in [4.69, 9.17) is 0 Å². The molecule has 0 saturated heterocycles. The highest BCUT2D eigenvalue weighted by atomic mass is 35.5. The summed E-state index contributed by atoms with van der Waals surface area (Å²) in [7, 11) is 0. The molecule has 0 aliphatic rings. The Hall–Kier alpha value is -0.690. The van der Waals surface area contributed by atoms with Crippen molar-refractivity contribution in [3.05, 3.63) is 30.3 Å². The Labute approximate surface area is 87.2 Å². The molecule has 0 heterocycles. The zero-order valence-corrected chi connectivity index (χ0v) is 9.18.